The predicted octanol–water partition coefficient (Wildman–Crippen LogP) is 7.00. The molecule has 48 heavy (non-hydrogen) atoms. The van der Waals surface area contributed by atoms with Gasteiger partial charge in [0.1, 0.15) is 0 Å². The van der Waals surface area contributed by atoms with Crippen LogP contribution in [0, 0.1) is 35.1 Å². The molecule has 2 heterocycles. The minimum atomic E-state index is -4.85. The Morgan fingerprint density at radius 3 is 1.19 bits per heavy atom. The van der Waals surface area contributed by atoms with Crippen LogP contribution < -0.4 is 9.47 Å². The van der Waals surface area contributed by atoms with Gasteiger partial charge in [0, 0.05) is 34.8 Å². The molecule has 0 aromatic heterocycles. The Kier molecular flexibility index (Phi) is 10.7. The van der Waals surface area contributed by atoms with E-state index in [4.69, 9.17) is 18.9 Å². The largest absolute Gasteiger partial charge is 0.493 e. The number of methoxy groups -OCH3 is 2. The highest BCUT2D eigenvalue weighted by atomic mass is 19.4. The van der Waals surface area contributed by atoms with Gasteiger partial charge in [-0.15, -0.1) is 0 Å². The fourth-order valence-electron chi connectivity index (χ4n) is 6.06. The number of carboxylic acid groups (broad SMARTS) is 2. The third kappa shape index (κ3) is 6.35. The Morgan fingerprint density at radius 2 is 0.958 bits per heavy atom. The van der Waals surface area contributed by atoms with E-state index in [9.17, 15) is 63.7 Å². The first-order chi connectivity index (χ1) is 21.9. The second-order valence-corrected chi connectivity index (χ2v) is 11.6. The van der Waals surface area contributed by atoms with Gasteiger partial charge >= 0.3 is 24.3 Å². The van der Waals surface area contributed by atoms with E-state index < -0.39 is 106 Å². The van der Waals surface area contributed by atoms with E-state index in [0.29, 0.717) is 12.1 Å². The summed E-state index contributed by atoms with van der Waals surface area (Å²) in [5.74, 6) is -15.3. The van der Waals surface area contributed by atoms with E-state index in [0.717, 1.165) is 54.0 Å². The fraction of sp³-hybridized carbons (Fsp3) is 0.533. The molecule has 2 saturated heterocycles. The Balaban J connectivity index is 0.000000260. The van der Waals surface area contributed by atoms with Gasteiger partial charge < -0.3 is 29.2 Å². The number of alkyl halides is 6. The summed E-state index contributed by atoms with van der Waals surface area (Å²) in [7, 11) is 2.03. The van der Waals surface area contributed by atoms with Crippen molar-refractivity contribution in [3.8, 4) is 11.5 Å². The average Bonchev–Trinajstić information content (AvgIpc) is 3.43. The quantitative estimate of drug-likeness (QED) is 0.309. The molecule has 0 bridgehead atoms. The molecule has 8 atom stereocenters. The number of hydrogen-bond acceptors (Lipinski definition) is 6. The van der Waals surface area contributed by atoms with E-state index in [1.54, 1.807) is 0 Å². The van der Waals surface area contributed by atoms with Crippen LogP contribution in [-0.4, -0.2) is 72.1 Å². The summed E-state index contributed by atoms with van der Waals surface area (Å²) in [6, 6.07) is 3.45. The molecule has 2 aliphatic rings. The molecule has 4 rings (SSSR count). The molecule has 8 nitrogen and oxygen atoms in total. The summed E-state index contributed by atoms with van der Waals surface area (Å²) in [4.78, 5) is 22.8. The molecule has 18 heteroatoms. The summed E-state index contributed by atoms with van der Waals surface area (Å²) in [5, 5.41) is 18.5. The van der Waals surface area contributed by atoms with Crippen LogP contribution in [0.5, 0.6) is 11.5 Å². The first-order valence-corrected chi connectivity index (χ1v) is 13.9. The van der Waals surface area contributed by atoms with Crippen molar-refractivity contribution in [2.24, 2.45) is 11.8 Å². The second kappa shape index (κ2) is 13.2. The first-order valence-electron chi connectivity index (χ1n) is 13.9. The number of halogens is 10. The molecule has 2 fully saturated rings. The summed E-state index contributed by atoms with van der Waals surface area (Å²) < 4.78 is 154. The van der Waals surface area contributed by atoms with Crippen molar-refractivity contribution in [3.63, 3.8) is 0 Å². The molecule has 0 spiro atoms. The summed E-state index contributed by atoms with van der Waals surface area (Å²) in [5.41, 5.74) is -5.89. The Hall–Kier alpha value is -3.80. The number of aliphatic carboxylic acids is 2. The van der Waals surface area contributed by atoms with Crippen LogP contribution >= 0.6 is 0 Å². The van der Waals surface area contributed by atoms with Gasteiger partial charge in [0.2, 0.25) is 11.6 Å². The van der Waals surface area contributed by atoms with Crippen LogP contribution in [0.25, 0.3) is 0 Å². The molecule has 2 aliphatic heterocycles. The van der Waals surface area contributed by atoms with Gasteiger partial charge in [0.15, 0.2) is 46.5 Å². The van der Waals surface area contributed by atoms with Gasteiger partial charge in [-0.25, -0.2) is 18.4 Å². The van der Waals surface area contributed by atoms with Crippen LogP contribution in [0.15, 0.2) is 24.3 Å². The second-order valence-electron chi connectivity index (χ2n) is 11.6. The molecule has 268 valence electrons. The molecule has 0 amide bonds. The van der Waals surface area contributed by atoms with E-state index in [1.807, 2.05) is 0 Å². The first kappa shape index (κ1) is 38.6. The van der Waals surface area contributed by atoms with Crippen LogP contribution in [-0.2, 0) is 19.1 Å². The lowest BCUT2D eigenvalue weighted by molar-refractivity contribution is -0.274. The molecule has 0 radical (unpaired) electrons. The van der Waals surface area contributed by atoms with Crippen molar-refractivity contribution in [2.75, 3.05) is 14.2 Å². The van der Waals surface area contributed by atoms with Crippen molar-refractivity contribution < 1.29 is 82.7 Å². The summed E-state index contributed by atoms with van der Waals surface area (Å²) in [6.45, 7) is 3.78. The van der Waals surface area contributed by atoms with Crippen molar-refractivity contribution in [3.05, 3.63) is 58.7 Å². The van der Waals surface area contributed by atoms with Crippen LogP contribution in [0.1, 0.15) is 50.7 Å². The van der Waals surface area contributed by atoms with E-state index >= 15 is 0 Å². The third-order valence-corrected chi connectivity index (χ3v) is 9.11. The number of benzene rings is 2. The third-order valence-electron chi connectivity index (χ3n) is 9.11. The van der Waals surface area contributed by atoms with Crippen molar-refractivity contribution in [1.82, 2.24) is 0 Å². The molecule has 0 saturated carbocycles. The lowest BCUT2D eigenvalue weighted by Crippen LogP contribution is -2.47. The van der Waals surface area contributed by atoms with Crippen molar-refractivity contribution in [2.45, 2.75) is 75.3 Å². The Bertz CT molecular complexity index is 1430. The van der Waals surface area contributed by atoms with Crippen molar-refractivity contribution >= 4 is 11.9 Å². The normalized spacial score (nSPS) is 30.4. The van der Waals surface area contributed by atoms with Gasteiger partial charge in [-0.1, -0.05) is 26.0 Å². The van der Waals surface area contributed by atoms with E-state index in [1.165, 1.54) is 0 Å². The minimum absolute atomic E-state index is 0.190. The smallest absolute Gasteiger partial charge is 0.417 e. The SMILES string of the molecule is COc1c(C2C(C(=O)O)OC(C)(C(F)(F)F)C2C)ccc(F)c1F.COc1c(C2C(C(=O)O)OC(C)(C(F)(F)F)C2C)ccc(F)c1F. The lowest BCUT2D eigenvalue weighted by Gasteiger charge is -2.31. The molecule has 8 unspecified atom stereocenters. The lowest BCUT2D eigenvalue weighted by atomic mass is 9.77. The van der Waals surface area contributed by atoms with Gasteiger partial charge in [-0.05, 0) is 26.0 Å². The highest BCUT2D eigenvalue weighted by molar-refractivity contribution is 5.75. The van der Waals surface area contributed by atoms with Gasteiger partial charge in [0.25, 0.3) is 0 Å². The van der Waals surface area contributed by atoms with Crippen molar-refractivity contribution in [1.29, 1.82) is 0 Å². The molecule has 2 N–H and O–H groups in total. The zero-order valence-corrected chi connectivity index (χ0v) is 25.9. The monoisotopic (exact) mass is 708 g/mol. The summed E-state index contributed by atoms with van der Waals surface area (Å²) >= 11 is 0. The Labute approximate surface area is 266 Å². The molecular formula is C30H30F10O8. The molecular weight excluding hydrogens is 678 g/mol. The molecule has 2 aromatic rings. The number of carboxylic acids is 2. The molecule has 0 aliphatic carbocycles. The van der Waals surface area contributed by atoms with E-state index in [2.05, 4.69) is 0 Å². The number of ether oxygens (including phenoxy) is 4. The fourth-order valence-corrected chi connectivity index (χ4v) is 6.06. The maximum atomic E-state index is 13.9. The maximum absolute atomic E-state index is 13.9. The highest BCUT2D eigenvalue weighted by Gasteiger charge is 2.67. The summed E-state index contributed by atoms with van der Waals surface area (Å²) in [6.07, 6.45) is -13.5. The van der Waals surface area contributed by atoms with Gasteiger partial charge in [-0.3, -0.25) is 0 Å². The van der Waals surface area contributed by atoms with Gasteiger partial charge in [0.05, 0.1) is 14.2 Å². The zero-order chi connectivity index (χ0) is 36.9. The number of carbonyl (C=O) groups is 2. The zero-order valence-electron chi connectivity index (χ0n) is 25.9. The van der Waals surface area contributed by atoms with Crippen LogP contribution in [0.2, 0.25) is 0 Å². The molecule has 2 aromatic carbocycles. The van der Waals surface area contributed by atoms with E-state index in [-0.39, 0.29) is 11.1 Å². The van der Waals surface area contributed by atoms with Gasteiger partial charge in [-0.2, -0.15) is 35.1 Å². The van der Waals surface area contributed by atoms with Crippen LogP contribution in [0.4, 0.5) is 43.9 Å². The van der Waals surface area contributed by atoms with Crippen LogP contribution in [0.3, 0.4) is 0 Å². The number of hydrogen-bond donors (Lipinski definition) is 2. The minimum Gasteiger partial charge on any atom is -0.493 e. The Morgan fingerprint density at radius 1 is 0.667 bits per heavy atom. The highest BCUT2D eigenvalue weighted by Crippen LogP contribution is 2.56. The average molecular weight is 709 g/mol. The maximum Gasteiger partial charge on any atom is 0.417 e. The standard InChI is InChI=1S/2C15H15F5O4/c2*1-6-9(7-4-5-8(16)10(17)11(7)23-3)12(13(21)22)24-14(6,2)15(18,19)20/h2*4-6,9,12H,1-3H3,(H,21,22). The number of rotatable bonds is 6. The predicted molar refractivity (Wildman–Crippen MR) is 144 cm³/mol. The topological polar surface area (TPSA) is 112 Å².